The van der Waals surface area contributed by atoms with Gasteiger partial charge in [-0.1, -0.05) is 182 Å². The van der Waals surface area contributed by atoms with Crippen LogP contribution in [0.1, 0.15) is 207 Å². The fourth-order valence-corrected chi connectivity index (χ4v) is 6.57. The van der Waals surface area contributed by atoms with Gasteiger partial charge in [-0.15, -0.1) is 0 Å². The second-order valence-corrected chi connectivity index (χ2v) is 15.0. The molecule has 0 amide bonds. The van der Waals surface area contributed by atoms with Crippen molar-refractivity contribution in [2.24, 2.45) is 5.92 Å². The first-order valence-corrected chi connectivity index (χ1v) is 21.7. The summed E-state index contributed by atoms with van der Waals surface area (Å²) in [6.45, 7) is 27.1. The van der Waals surface area contributed by atoms with Gasteiger partial charge in [0, 0.05) is 55.9 Å². The van der Waals surface area contributed by atoms with Gasteiger partial charge in [0.2, 0.25) is 0 Å². The zero-order valence-electron chi connectivity index (χ0n) is 34.0. The molecule has 0 aromatic heterocycles. The molecule has 1 heterocycles. The second kappa shape index (κ2) is 38.0. The van der Waals surface area contributed by atoms with E-state index in [1.807, 2.05) is 0 Å². The van der Waals surface area contributed by atoms with Gasteiger partial charge >= 0.3 is 0 Å². The first-order valence-electron chi connectivity index (χ1n) is 21.7. The van der Waals surface area contributed by atoms with E-state index >= 15 is 0 Å². The van der Waals surface area contributed by atoms with Gasteiger partial charge in [-0.2, -0.15) is 0 Å². The molecule has 0 radical (unpaired) electrons. The van der Waals surface area contributed by atoms with Crippen LogP contribution in [-0.4, -0.2) is 44.4 Å². The quantitative estimate of drug-likeness (QED) is 0.0664. The van der Waals surface area contributed by atoms with E-state index in [4.69, 9.17) is 9.47 Å². The van der Waals surface area contributed by atoms with Gasteiger partial charge in [-0.3, -0.25) is 0 Å². The highest BCUT2D eigenvalue weighted by Crippen LogP contribution is 2.33. The predicted molar refractivity (Wildman–Crippen MR) is 219 cm³/mol. The maximum absolute atomic E-state index is 5.84. The summed E-state index contributed by atoms with van der Waals surface area (Å²) in [4.78, 5) is 2.33. The van der Waals surface area contributed by atoms with Crippen LogP contribution in [0.25, 0.3) is 0 Å². The Hall–Kier alpha value is -1.26. The maximum Gasteiger partial charge on any atom is 0.0638 e. The van der Waals surface area contributed by atoms with Crippen molar-refractivity contribution in [3.05, 3.63) is 36.8 Å². The molecule has 0 saturated carbocycles. The van der Waals surface area contributed by atoms with Gasteiger partial charge in [0.1, 0.15) is 0 Å². The van der Waals surface area contributed by atoms with Crippen LogP contribution in [0.15, 0.2) is 36.8 Å². The molecule has 1 aliphatic rings. The number of likely N-dealkylation sites (tertiary alicyclic amines) is 1. The molecule has 1 atom stereocenters. The van der Waals surface area contributed by atoms with Crippen molar-refractivity contribution >= 4 is 0 Å². The van der Waals surface area contributed by atoms with Gasteiger partial charge in [0.05, 0.1) is 6.61 Å². The number of rotatable bonds is 36. The Labute approximate surface area is 308 Å². The van der Waals surface area contributed by atoms with Crippen molar-refractivity contribution < 1.29 is 9.47 Å². The van der Waals surface area contributed by atoms with Gasteiger partial charge in [0.25, 0.3) is 0 Å². The van der Waals surface area contributed by atoms with Gasteiger partial charge in [-0.25, -0.2) is 0 Å². The van der Waals surface area contributed by atoms with Gasteiger partial charge < -0.3 is 19.7 Å². The lowest BCUT2D eigenvalue weighted by Gasteiger charge is -2.21. The lowest BCUT2D eigenvalue weighted by molar-refractivity contribution is 0.125. The minimum Gasteiger partial charge on any atom is -0.387 e. The number of hydrogen-bond donors (Lipinski definition) is 1. The highest BCUT2D eigenvalue weighted by atomic mass is 16.5. The largest absolute Gasteiger partial charge is 0.387 e. The first kappa shape index (κ1) is 47.7. The standard InChI is InChI=1S/C39H74N2O2.C6H14/c1-6-7-8-9-10-11-13-16-19-25-31-42-32-26-20-17-14-12-15-18-21-27-33-43-34-29-40-37(3)28-23-22-24-30-41-38(4)35-36(2)39(41)5;1-3-5-6-4-2/h36,40H,3-35H2,1-2H3;3-6H2,1-2H3. The van der Waals surface area contributed by atoms with Gasteiger partial charge in [0.15, 0.2) is 0 Å². The molecule has 1 rings (SSSR count). The zero-order chi connectivity index (χ0) is 36.0. The van der Waals surface area contributed by atoms with E-state index < -0.39 is 0 Å². The summed E-state index contributed by atoms with van der Waals surface area (Å²) in [7, 11) is 0. The monoisotopic (exact) mass is 689 g/mol. The summed E-state index contributed by atoms with van der Waals surface area (Å²) in [5.74, 6) is 0.554. The summed E-state index contributed by atoms with van der Waals surface area (Å²) in [5, 5.41) is 3.44. The van der Waals surface area contributed by atoms with Crippen LogP contribution < -0.4 is 5.32 Å². The summed E-state index contributed by atoms with van der Waals surface area (Å²) in [6, 6.07) is 0. The maximum atomic E-state index is 5.84. The van der Waals surface area contributed by atoms with Crippen LogP contribution in [0.2, 0.25) is 0 Å². The number of nitrogens with one attached hydrogen (secondary N) is 1. The Morgan fingerprint density at radius 1 is 0.571 bits per heavy atom. The smallest absolute Gasteiger partial charge is 0.0638 e. The zero-order valence-corrected chi connectivity index (χ0v) is 34.0. The fourth-order valence-electron chi connectivity index (χ4n) is 6.57. The Kier molecular flexibility index (Phi) is 37.0. The van der Waals surface area contributed by atoms with E-state index in [0.717, 1.165) is 58.1 Å². The SMILES string of the molecule is C=C(CCCCCN1C(=C)CC(C)C1=C)NCCOCCCCCCCCCCCOCCCCCCCCCCCC.CCCCCC. The first-order chi connectivity index (χ1) is 24.0. The lowest BCUT2D eigenvalue weighted by atomic mass is 10.1. The number of hydrogen-bond acceptors (Lipinski definition) is 4. The predicted octanol–water partition coefficient (Wildman–Crippen LogP) is 14.1. The molecular weight excluding hydrogens is 601 g/mol. The third-order valence-corrected chi connectivity index (χ3v) is 10.00. The Balaban J connectivity index is 0.00000350. The third-order valence-electron chi connectivity index (χ3n) is 10.00. The van der Waals surface area contributed by atoms with Crippen molar-refractivity contribution in [2.75, 3.05) is 39.5 Å². The van der Waals surface area contributed by atoms with Crippen LogP contribution in [0, 0.1) is 5.92 Å². The Morgan fingerprint density at radius 2 is 0.959 bits per heavy atom. The molecule has 0 bridgehead atoms. The molecule has 49 heavy (non-hydrogen) atoms. The van der Waals surface area contributed by atoms with Gasteiger partial charge in [-0.05, 0) is 44.9 Å². The molecule has 290 valence electrons. The number of nitrogens with zero attached hydrogens (tertiary/aromatic N) is 1. The minimum absolute atomic E-state index is 0.554. The average molecular weight is 689 g/mol. The van der Waals surface area contributed by atoms with Crippen molar-refractivity contribution in [2.45, 2.75) is 207 Å². The molecule has 4 nitrogen and oxygen atoms in total. The summed E-state index contributed by atoms with van der Waals surface area (Å²) in [5.41, 5.74) is 3.62. The van der Waals surface area contributed by atoms with E-state index in [9.17, 15) is 0 Å². The average Bonchev–Trinajstić information content (AvgIpc) is 3.34. The third kappa shape index (κ3) is 32.4. The minimum atomic E-state index is 0.554. The molecule has 1 saturated heterocycles. The Morgan fingerprint density at radius 3 is 1.39 bits per heavy atom. The lowest BCUT2D eigenvalue weighted by Crippen LogP contribution is -2.19. The van der Waals surface area contributed by atoms with E-state index in [1.165, 1.54) is 178 Å². The summed E-state index contributed by atoms with van der Waals surface area (Å²) < 4.78 is 11.7. The normalized spacial score (nSPS) is 14.4. The molecule has 1 N–H and O–H groups in total. The van der Waals surface area contributed by atoms with E-state index in [-0.39, 0.29) is 0 Å². The number of ether oxygens (including phenoxy) is 2. The van der Waals surface area contributed by atoms with Crippen molar-refractivity contribution in [3.63, 3.8) is 0 Å². The molecule has 0 spiro atoms. The van der Waals surface area contributed by atoms with Crippen molar-refractivity contribution in [3.8, 4) is 0 Å². The topological polar surface area (TPSA) is 33.7 Å². The summed E-state index contributed by atoms with van der Waals surface area (Å²) >= 11 is 0. The van der Waals surface area contributed by atoms with Crippen molar-refractivity contribution in [1.82, 2.24) is 10.2 Å². The molecule has 1 unspecified atom stereocenters. The molecule has 1 fully saturated rings. The van der Waals surface area contributed by atoms with Crippen LogP contribution in [-0.2, 0) is 9.47 Å². The molecule has 1 aliphatic heterocycles. The van der Waals surface area contributed by atoms with E-state index in [2.05, 4.69) is 57.6 Å². The molecule has 0 aromatic rings. The van der Waals surface area contributed by atoms with Crippen LogP contribution in [0.3, 0.4) is 0 Å². The molecular formula is C45H88N2O2. The van der Waals surface area contributed by atoms with Crippen LogP contribution in [0.4, 0.5) is 0 Å². The van der Waals surface area contributed by atoms with Crippen LogP contribution in [0.5, 0.6) is 0 Å². The fraction of sp³-hybridized carbons (Fsp3) is 0.867. The van der Waals surface area contributed by atoms with Crippen LogP contribution >= 0.6 is 0 Å². The Bertz CT molecular complexity index is 732. The van der Waals surface area contributed by atoms with Crippen molar-refractivity contribution in [1.29, 1.82) is 0 Å². The van der Waals surface area contributed by atoms with E-state index in [0.29, 0.717) is 5.92 Å². The molecule has 0 aromatic carbocycles. The van der Waals surface area contributed by atoms with E-state index in [1.54, 1.807) is 0 Å². The number of unbranched alkanes of at least 4 members (excludes halogenated alkanes) is 22. The highest BCUT2D eigenvalue weighted by Gasteiger charge is 2.25. The highest BCUT2D eigenvalue weighted by molar-refractivity contribution is 5.18. The molecule has 0 aliphatic carbocycles. The number of allylic oxidation sites excluding steroid dienone is 3. The molecule has 4 heteroatoms. The summed E-state index contributed by atoms with van der Waals surface area (Å²) in [6.07, 6.45) is 37.1. The second-order valence-electron chi connectivity index (χ2n) is 15.0.